The van der Waals surface area contributed by atoms with E-state index in [-0.39, 0.29) is 17.7 Å². The fraction of sp³-hybridized carbons (Fsp3) is 0.556. The summed E-state index contributed by atoms with van der Waals surface area (Å²) in [7, 11) is 0. The number of amides is 2. The van der Waals surface area contributed by atoms with Crippen LogP contribution in [0.4, 0.5) is 5.69 Å². The molecule has 5 heteroatoms. The van der Waals surface area contributed by atoms with Gasteiger partial charge in [0, 0.05) is 37.6 Å². The summed E-state index contributed by atoms with van der Waals surface area (Å²) in [5, 5.41) is 5.83. The third-order valence-electron chi connectivity index (χ3n) is 4.71. The molecule has 0 saturated carbocycles. The fourth-order valence-electron chi connectivity index (χ4n) is 3.42. The van der Waals surface area contributed by atoms with Crippen LogP contribution < -0.4 is 10.6 Å². The van der Waals surface area contributed by atoms with Crippen LogP contribution in [0.15, 0.2) is 24.3 Å². The molecule has 3 rings (SSSR count). The van der Waals surface area contributed by atoms with Crippen molar-refractivity contribution in [2.45, 2.75) is 44.6 Å². The topological polar surface area (TPSA) is 67.4 Å². The van der Waals surface area contributed by atoms with E-state index in [0.29, 0.717) is 24.9 Å². The van der Waals surface area contributed by atoms with Gasteiger partial charge < -0.3 is 10.1 Å². The Kier molecular flexibility index (Phi) is 4.96. The van der Waals surface area contributed by atoms with E-state index in [9.17, 15) is 9.59 Å². The molecule has 0 bridgehead atoms. The van der Waals surface area contributed by atoms with E-state index in [4.69, 9.17) is 4.74 Å². The minimum atomic E-state index is -0.179. The van der Waals surface area contributed by atoms with E-state index in [1.54, 1.807) is 0 Å². The summed E-state index contributed by atoms with van der Waals surface area (Å²) < 4.78 is 5.57. The van der Waals surface area contributed by atoms with Gasteiger partial charge in [0.2, 0.25) is 11.8 Å². The van der Waals surface area contributed by atoms with Gasteiger partial charge in [-0.1, -0.05) is 12.1 Å². The molecule has 0 spiro atoms. The van der Waals surface area contributed by atoms with Crippen LogP contribution in [0.5, 0.6) is 0 Å². The van der Waals surface area contributed by atoms with Crippen molar-refractivity contribution in [2.75, 3.05) is 18.5 Å². The van der Waals surface area contributed by atoms with E-state index in [1.807, 2.05) is 24.3 Å². The minimum Gasteiger partial charge on any atom is -0.385 e. The highest BCUT2D eigenvalue weighted by Crippen LogP contribution is 2.27. The lowest BCUT2D eigenvalue weighted by Crippen LogP contribution is -2.37. The van der Waals surface area contributed by atoms with Gasteiger partial charge in [-0.2, -0.15) is 0 Å². The number of carbonyl (C=O) groups excluding carboxylic acids is 2. The summed E-state index contributed by atoms with van der Waals surface area (Å²) in [5.74, 6) is 0.295. The summed E-state index contributed by atoms with van der Waals surface area (Å²) in [5.41, 5.74) is 2.14. The predicted octanol–water partition coefficient (Wildman–Crippen LogP) is 2.43. The lowest BCUT2D eigenvalue weighted by atomic mass is 9.89. The molecule has 5 nitrogen and oxygen atoms in total. The van der Waals surface area contributed by atoms with Crippen LogP contribution in [0.2, 0.25) is 0 Å². The van der Waals surface area contributed by atoms with Gasteiger partial charge in [-0.3, -0.25) is 14.9 Å². The Morgan fingerprint density at radius 1 is 1.17 bits per heavy atom. The number of benzene rings is 1. The molecule has 2 fully saturated rings. The highest BCUT2D eigenvalue weighted by atomic mass is 16.5. The highest BCUT2D eigenvalue weighted by Gasteiger charge is 2.26. The zero-order valence-electron chi connectivity index (χ0n) is 13.5. The summed E-state index contributed by atoms with van der Waals surface area (Å²) in [6.07, 6.45) is 3.34. The normalized spacial score (nSPS) is 26.0. The molecule has 0 aromatic heterocycles. The third kappa shape index (κ3) is 4.32. The molecular weight excluding hydrogens is 292 g/mol. The third-order valence-corrected chi connectivity index (χ3v) is 4.71. The first-order valence-corrected chi connectivity index (χ1v) is 8.38. The number of piperidine rings is 1. The predicted molar refractivity (Wildman–Crippen MR) is 88.2 cm³/mol. The number of anilines is 1. The Bertz CT molecular complexity index is 554. The van der Waals surface area contributed by atoms with Crippen molar-refractivity contribution in [3.8, 4) is 0 Å². The number of nitrogens with one attached hydrogen (secondary N) is 2. The molecule has 2 saturated heterocycles. The second-order valence-electron chi connectivity index (χ2n) is 6.65. The number of imide groups is 1. The van der Waals surface area contributed by atoms with Gasteiger partial charge in [-0.05, 0) is 43.4 Å². The lowest BCUT2D eigenvalue weighted by Gasteiger charge is -2.27. The van der Waals surface area contributed by atoms with Crippen molar-refractivity contribution in [3.63, 3.8) is 0 Å². The molecule has 2 atom stereocenters. The molecule has 23 heavy (non-hydrogen) atoms. The van der Waals surface area contributed by atoms with E-state index >= 15 is 0 Å². The molecule has 1 aromatic rings. The molecule has 2 N–H and O–H groups in total. The van der Waals surface area contributed by atoms with Crippen molar-refractivity contribution < 1.29 is 14.3 Å². The van der Waals surface area contributed by atoms with Gasteiger partial charge in [0.15, 0.2) is 0 Å². The van der Waals surface area contributed by atoms with Gasteiger partial charge in [0.05, 0.1) is 6.10 Å². The molecule has 1 aromatic carbocycles. The smallest absolute Gasteiger partial charge is 0.227 e. The molecule has 2 unspecified atom stereocenters. The molecule has 2 heterocycles. The van der Waals surface area contributed by atoms with Crippen molar-refractivity contribution in [2.24, 2.45) is 5.92 Å². The standard InChI is InChI=1S/C18H24N2O3/c1-12-8-13(6-7-23-12)11-19-16-4-2-14(3-5-16)15-9-17(21)20-18(22)10-15/h2-5,12-13,15,19H,6-11H2,1H3,(H,20,21,22). The maximum absolute atomic E-state index is 11.5. The fourth-order valence-corrected chi connectivity index (χ4v) is 3.42. The maximum Gasteiger partial charge on any atom is 0.227 e. The number of ether oxygens (including phenoxy) is 1. The van der Waals surface area contributed by atoms with E-state index in [0.717, 1.165) is 37.2 Å². The minimum absolute atomic E-state index is 0.00152. The monoisotopic (exact) mass is 316 g/mol. The van der Waals surface area contributed by atoms with Gasteiger partial charge in [-0.25, -0.2) is 0 Å². The van der Waals surface area contributed by atoms with E-state index in [2.05, 4.69) is 17.6 Å². The summed E-state index contributed by atoms with van der Waals surface area (Å²) in [6, 6.07) is 8.11. The first kappa shape index (κ1) is 16.0. The second kappa shape index (κ2) is 7.13. The Morgan fingerprint density at radius 2 is 1.87 bits per heavy atom. The van der Waals surface area contributed by atoms with Gasteiger partial charge >= 0.3 is 0 Å². The maximum atomic E-state index is 11.5. The zero-order valence-corrected chi connectivity index (χ0v) is 13.5. The first-order chi connectivity index (χ1) is 11.1. The molecule has 0 aliphatic carbocycles. The number of hydrogen-bond donors (Lipinski definition) is 2. The van der Waals surface area contributed by atoms with Gasteiger partial charge in [0.25, 0.3) is 0 Å². The quantitative estimate of drug-likeness (QED) is 0.837. The van der Waals surface area contributed by atoms with Gasteiger partial charge in [-0.15, -0.1) is 0 Å². The van der Waals surface area contributed by atoms with Crippen LogP contribution in [-0.2, 0) is 14.3 Å². The molecule has 0 radical (unpaired) electrons. The molecule has 2 aliphatic heterocycles. The van der Waals surface area contributed by atoms with E-state index in [1.165, 1.54) is 0 Å². The number of rotatable bonds is 4. The van der Waals surface area contributed by atoms with Crippen LogP contribution in [0, 0.1) is 5.92 Å². The molecule has 124 valence electrons. The number of hydrogen-bond acceptors (Lipinski definition) is 4. The highest BCUT2D eigenvalue weighted by molar-refractivity contribution is 5.98. The Balaban J connectivity index is 1.54. The van der Waals surface area contributed by atoms with Crippen LogP contribution in [0.25, 0.3) is 0 Å². The lowest BCUT2D eigenvalue weighted by molar-refractivity contribution is -0.133. The Morgan fingerprint density at radius 3 is 2.52 bits per heavy atom. The molecule has 2 aliphatic rings. The van der Waals surface area contributed by atoms with Crippen molar-refractivity contribution in [1.29, 1.82) is 0 Å². The Labute approximate surface area is 136 Å². The average Bonchev–Trinajstić information content (AvgIpc) is 2.53. The largest absolute Gasteiger partial charge is 0.385 e. The second-order valence-corrected chi connectivity index (χ2v) is 6.65. The van der Waals surface area contributed by atoms with Crippen LogP contribution in [0.3, 0.4) is 0 Å². The summed E-state index contributed by atoms with van der Waals surface area (Å²) in [6.45, 7) is 3.93. The number of carbonyl (C=O) groups is 2. The van der Waals surface area contributed by atoms with Crippen molar-refractivity contribution in [1.82, 2.24) is 5.32 Å². The average molecular weight is 316 g/mol. The van der Waals surface area contributed by atoms with Crippen molar-refractivity contribution in [3.05, 3.63) is 29.8 Å². The van der Waals surface area contributed by atoms with Crippen LogP contribution in [-0.4, -0.2) is 31.1 Å². The summed E-state index contributed by atoms with van der Waals surface area (Å²) >= 11 is 0. The zero-order chi connectivity index (χ0) is 16.2. The molecule has 2 amide bonds. The SMILES string of the molecule is CC1CC(CNc2ccc(C3CC(=O)NC(=O)C3)cc2)CCO1. The summed E-state index contributed by atoms with van der Waals surface area (Å²) in [4.78, 5) is 22.9. The van der Waals surface area contributed by atoms with Gasteiger partial charge in [0.1, 0.15) is 0 Å². The molecular formula is C18H24N2O3. The van der Waals surface area contributed by atoms with Crippen LogP contribution >= 0.6 is 0 Å². The van der Waals surface area contributed by atoms with Crippen LogP contribution in [0.1, 0.15) is 44.1 Å². The van der Waals surface area contributed by atoms with E-state index < -0.39 is 0 Å². The van der Waals surface area contributed by atoms with Crippen molar-refractivity contribution >= 4 is 17.5 Å². The Hall–Kier alpha value is -1.88. The first-order valence-electron chi connectivity index (χ1n) is 8.38.